The number of piperazine rings is 1. The number of halogens is 1. The van der Waals surface area contributed by atoms with Crippen molar-refractivity contribution in [3.8, 4) is 0 Å². The molecule has 0 radical (unpaired) electrons. The first-order valence-corrected chi connectivity index (χ1v) is 5.08. The minimum Gasteiger partial charge on any atom is -0.399 e. The molecule has 1 aromatic carbocycles. The lowest BCUT2D eigenvalue weighted by Gasteiger charge is -2.26. The maximum atomic E-state index is 12.0. The van der Waals surface area contributed by atoms with Crippen LogP contribution < -0.4 is 11.1 Å². The summed E-state index contributed by atoms with van der Waals surface area (Å²) >= 11 is 0. The van der Waals surface area contributed by atoms with E-state index in [2.05, 4.69) is 5.32 Å². The molecule has 1 aliphatic heterocycles. The van der Waals surface area contributed by atoms with Crippen LogP contribution in [0.2, 0.25) is 0 Å². The Labute approximate surface area is 105 Å². The van der Waals surface area contributed by atoms with Gasteiger partial charge in [0.05, 0.1) is 6.54 Å². The molecule has 2 amide bonds. The minimum atomic E-state index is -0.130. The second-order valence-electron chi connectivity index (χ2n) is 3.70. The Hall–Kier alpha value is -1.75. The first kappa shape index (κ1) is 13.3. The molecule has 0 saturated carbocycles. The van der Waals surface area contributed by atoms with E-state index in [1.165, 1.54) is 4.90 Å². The highest BCUT2D eigenvalue weighted by molar-refractivity contribution is 5.97. The minimum absolute atomic E-state index is 0. The number of benzene rings is 1. The quantitative estimate of drug-likeness (QED) is 0.707. The van der Waals surface area contributed by atoms with Gasteiger partial charge in [0.25, 0.3) is 5.91 Å². The van der Waals surface area contributed by atoms with Crippen molar-refractivity contribution in [3.05, 3.63) is 29.8 Å². The van der Waals surface area contributed by atoms with Gasteiger partial charge in [-0.1, -0.05) is 0 Å². The Bertz CT molecular complexity index is 419. The largest absolute Gasteiger partial charge is 0.399 e. The van der Waals surface area contributed by atoms with Crippen LogP contribution in [0.1, 0.15) is 10.4 Å². The highest BCUT2D eigenvalue weighted by Crippen LogP contribution is 2.09. The van der Waals surface area contributed by atoms with Crippen molar-refractivity contribution in [3.63, 3.8) is 0 Å². The second kappa shape index (κ2) is 5.54. The Morgan fingerprint density at radius 3 is 2.53 bits per heavy atom. The number of nitrogens with zero attached hydrogens (tertiary/aromatic N) is 1. The summed E-state index contributed by atoms with van der Waals surface area (Å²) in [5, 5.41) is 2.67. The second-order valence-corrected chi connectivity index (χ2v) is 3.70. The van der Waals surface area contributed by atoms with Gasteiger partial charge in [-0.25, -0.2) is 0 Å². The van der Waals surface area contributed by atoms with E-state index in [1.54, 1.807) is 24.3 Å². The van der Waals surface area contributed by atoms with Crippen LogP contribution in [0.15, 0.2) is 24.3 Å². The van der Waals surface area contributed by atoms with Gasteiger partial charge in [0, 0.05) is 24.3 Å². The summed E-state index contributed by atoms with van der Waals surface area (Å²) < 4.78 is 0. The summed E-state index contributed by atoms with van der Waals surface area (Å²) in [6.45, 7) is 1.19. The Morgan fingerprint density at radius 2 is 1.94 bits per heavy atom. The molecule has 0 spiro atoms. The van der Waals surface area contributed by atoms with Gasteiger partial charge in [-0.2, -0.15) is 0 Å². The predicted molar refractivity (Wildman–Crippen MR) is 67.0 cm³/mol. The van der Waals surface area contributed by atoms with E-state index in [-0.39, 0.29) is 30.8 Å². The lowest BCUT2D eigenvalue weighted by molar-refractivity contribution is -0.123. The molecule has 5 nitrogen and oxygen atoms in total. The number of rotatable bonds is 1. The lowest BCUT2D eigenvalue weighted by atomic mass is 10.1. The van der Waals surface area contributed by atoms with E-state index in [4.69, 9.17) is 5.73 Å². The molecule has 1 aliphatic rings. The number of nitrogen functional groups attached to an aromatic ring is 1. The van der Waals surface area contributed by atoms with E-state index in [1.807, 2.05) is 0 Å². The van der Waals surface area contributed by atoms with Gasteiger partial charge in [-0.3, -0.25) is 9.59 Å². The van der Waals surface area contributed by atoms with Crippen molar-refractivity contribution in [2.75, 3.05) is 25.4 Å². The average molecular weight is 256 g/mol. The Kier molecular flexibility index (Phi) is 4.34. The summed E-state index contributed by atoms with van der Waals surface area (Å²) in [5.41, 5.74) is 6.72. The van der Waals surface area contributed by atoms with Gasteiger partial charge in [0.15, 0.2) is 0 Å². The standard InChI is InChI=1S/C11H13N3O2.ClH/c12-9-3-1-8(2-4-9)11(16)14-6-5-13-10(15)7-14;/h1-4H,5-7,12H2,(H,13,15);1H. The summed E-state index contributed by atoms with van der Waals surface area (Å²) in [4.78, 5) is 24.6. The van der Waals surface area contributed by atoms with Crippen LogP contribution in [0.4, 0.5) is 5.69 Å². The summed E-state index contributed by atoms with van der Waals surface area (Å²) in [6.07, 6.45) is 0. The number of hydrogen-bond acceptors (Lipinski definition) is 3. The molecule has 1 fully saturated rings. The molecule has 3 N–H and O–H groups in total. The summed E-state index contributed by atoms with van der Waals surface area (Å²) in [6, 6.07) is 6.70. The van der Waals surface area contributed by atoms with E-state index in [0.29, 0.717) is 24.3 Å². The predicted octanol–water partition coefficient (Wildman–Crippen LogP) is 0.263. The van der Waals surface area contributed by atoms with Gasteiger partial charge in [0.1, 0.15) is 0 Å². The molecule has 0 aromatic heterocycles. The lowest BCUT2D eigenvalue weighted by Crippen LogP contribution is -2.49. The summed E-state index contributed by atoms with van der Waals surface area (Å²) in [5.74, 6) is -0.245. The topological polar surface area (TPSA) is 75.4 Å². The fourth-order valence-corrected chi connectivity index (χ4v) is 1.62. The first-order chi connectivity index (χ1) is 7.66. The molecule has 1 saturated heterocycles. The number of carbonyl (C=O) groups is 2. The molecule has 0 aliphatic carbocycles. The van der Waals surface area contributed by atoms with Gasteiger partial charge >= 0.3 is 0 Å². The molecule has 0 atom stereocenters. The number of nitrogens with two attached hydrogens (primary N) is 1. The van der Waals surface area contributed by atoms with Crippen molar-refractivity contribution in [1.82, 2.24) is 10.2 Å². The summed E-state index contributed by atoms with van der Waals surface area (Å²) in [7, 11) is 0. The Morgan fingerprint density at radius 1 is 1.29 bits per heavy atom. The van der Waals surface area contributed by atoms with Gasteiger partial charge in [-0.05, 0) is 24.3 Å². The first-order valence-electron chi connectivity index (χ1n) is 5.08. The van der Waals surface area contributed by atoms with Crippen LogP contribution in [0.3, 0.4) is 0 Å². The monoisotopic (exact) mass is 255 g/mol. The zero-order valence-electron chi connectivity index (χ0n) is 9.18. The normalized spacial score (nSPS) is 14.8. The molecule has 0 unspecified atom stereocenters. The third kappa shape index (κ3) is 3.10. The van der Waals surface area contributed by atoms with Crippen LogP contribution in [0.25, 0.3) is 0 Å². The molecule has 0 bridgehead atoms. The highest BCUT2D eigenvalue weighted by Gasteiger charge is 2.21. The fourth-order valence-electron chi connectivity index (χ4n) is 1.62. The maximum absolute atomic E-state index is 12.0. The third-order valence-corrected chi connectivity index (χ3v) is 2.48. The van der Waals surface area contributed by atoms with E-state index in [9.17, 15) is 9.59 Å². The van der Waals surface area contributed by atoms with Crippen molar-refractivity contribution in [2.45, 2.75) is 0 Å². The number of nitrogens with one attached hydrogen (secondary N) is 1. The average Bonchev–Trinajstić information content (AvgIpc) is 2.29. The number of anilines is 1. The number of carbonyl (C=O) groups excluding carboxylic acids is 2. The SMILES string of the molecule is Cl.Nc1ccc(C(=O)N2CCNC(=O)C2)cc1. The molecule has 2 rings (SSSR count). The molecule has 1 heterocycles. The molecule has 17 heavy (non-hydrogen) atoms. The number of hydrogen-bond donors (Lipinski definition) is 2. The fraction of sp³-hybridized carbons (Fsp3) is 0.273. The molecule has 92 valence electrons. The van der Waals surface area contributed by atoms with Gasteiger partial charge < -0.3 is 16.0 Å². The smallest absolute Gasteiger partial charge is 0.254 e. The third-order valence-electron chi connectivity index (χ3n) is 2.48. The van der Waals surface area contributed by atoms with Crippen LogP contribution in [-0.2, 0) is 4.79 Å². The molecular formula is C11H14ClN3O2. The molecule has 6 heteroatoms. The highest BCUT2D eigenvalue weighted by atomic mass is 35.5. The van der Waals surface area contributed by atoms with Gasteiger partial charge in [0.2, 0.25) is 5.91 Å². The van der Waals surface area contributed by atoms with Crippen molar-refractivity contribution >= 4 is 29.9 Å². The Balaban J connectivity index is 0.00000144. The van der Waals surface area contributed by atoms with Crippen LogP contribution in [0, 0.1) is 0 Å². The van der Waals surface area contributed by atoms with E-state index >= 15 is 0 Å². The van der Waals surface area contributed by atoms with Crippen molar-refractivity contribution in [2.24, 2.45) is 0 Å². The number of amides is 2. The van der Waals surface area contributed by atoms with Crippen molar-refractivity contribution < 1.29 is 9.59 Å². The maximum Gasteiger partial charge on any atom is 0.254 e. The van der Waals surface area contributed by atoms with Crippen LogP contribution in [0.5, 0.6) is 0 Å². The van der Waals surface area contributed by atoms with Crippen LogP contribution in [-0.4, -0.2) is 36.3 Å². The van der Waals surface area contributed by atoms with Crippen molar-refractivity contribution in [1.29, 1.82) is 0 Å². The molecular weight excluding hydrogens is 242 g/mol. The zero-order valence-corrected chi connectivity index (χ0v) is 10.00. The van der Waals surface area contributed by atoms with E-state index in [0.717, 1.165) is 0 Å². The van der Waals surface area contributed by atoms with Crippen LogP contribution >= 0.6 is 12.4 Å². The van der Waals surface area contributed by atoms with Gasteiger partial charge in [-0.15, -0.1) is 12.4 Å². The zero-order chi connectivity index (χ0) is 11.5. The molecule has 1 aromatic rings. The van der Waals surface area contributed by atoms with E-state index < -0.39 is 0 Å².